The number of hydrogen-bond donors (Lipinski definition) is 2. The summed E-state index contributed by atoms with van der Waals surface area (Å²) in [5.41, 5.74) is 0.652. The maximum Gasteiger partial charge on any atom is 0.329 e. The highest BCUT2D eigenvalue weighted by molar-refractivity contribution is 5.94. The monoisotopic (exact) mass is 433 g/mol. The van der Waals surface area contributed by atoms with Crippen LogP contribution in [0.5, 0.6) is 5.75 Å². The second-order valence-corrected chi connectivity index (χ2v) is 7.21. The Hall–Kier alpha value is -4.20. The number of halogens is 1. The summed E-state index contributed by atoms with van der Waals surface area (Å²) < 4.78 is 20.9. The third-order valence-corrected chi connectivity index (χ3v) is 5.13. The molecule has 3 aromatic carbocycles. The average molecular weight is 433 g/mol. The van der Waals surface area contributed by atoms with Gasteiger partial charge in [-0.2, -0.15) is 0 Å². The van der Waals surface area contributed by atoms with Gasteiger partial charge >= 0.3 is 5.69 Å². The van der Waals surface area contributed by atoms with Crippen LogP contribution < -0.4 is 21.3 Å². The first-order valence-electron chi connectivity index (χ1n) is 9.87. The molecular weight excluding hydrogens is 413 g/mol. The van der Waals surface area contributed by atoms with E-state index in [1.807, 2.05) is 0 Å². The Bertz CT molecular complexity index is 1410. The first kappa shape index (κ1) is 21.0. The molecular formula is C24H20FN3O4. The lowest BCUT2D eigenvalue weighted by molar-refractivity contribution is 0.0946. The SMILES string of the molecule is COc1ccc(CNC(=O)c2cc(Cn3c(=O)[nH]c(=O)c4ccccc43)ccc2F)cc1. The van der Waals surface area contributed by atoms with E-state index in [4.69, 9.17) is 4.74 Å². The summed E-state index contributed by atoms with van der Waals surface area (Å²) in [6, 6.07) is 18.0. The molecule has 32 heavy (non-hydrogen) atoms. The van der Waals surface area contributed by atoms with Gasteiger partial charge in [0, 0.05) is 6.54 Å². The molecule has 0 fully saturated rings. The second kappa shape index (κ2) is 8.89. The van der Waals surface area contributed by atoms with Gasteiger partial charge in [-0.25, -0.2) is 9.18 Å². The van der Waals surface area contributed by atoms with Crippen LogP contribution in [0.4, 0.5) is 4.39 Å². The van der Waals surface area contributed by atoms with Crippen LogP contribution in [0.15, 0.2) is 76.3 Å². The Balaban J connectivity index is 1.58. The van der Waals surface area contributed by atoms with E-state index in [0.717, 1.165) is 5.56 Å². The molecule has 0 aliphatic carbocycles. The molecule has 0 saturated carbocycles. The lowest BCUT2D eigenvalue weighted by atomic mass is 10.1. The standard InChI is InChI=1S/C24H20FN3O4/c1-32-17-9-6-15(7-10-17)13-26-22(29)19-12-16(8-11-20(19)25)14-28-21-5-3-2-4-18(21)23(30)27-24(28)31/h2-12H,13-14H2,1H3,(H,26,29)(H,27,30,31). The Kier molecular flexibility index (Phi) is 5.85. The number of methoxy groups -OCH3 is 1. The quantitative estimate of drug-likeness (QED) is 0.489. The average Bonchev–Trinajstić information content (AvgIpc) is 2.81. The van der Waals surface area contributed by atoms with E-state index in [9.17, 15) is 18.8 Å². The van der Waals surface area contributed by atoms with Crippen molar-refractivity contribution in [1.82, 2.24) is 14.9 Å². The number of rotatable bonds is 6. The summed E-state index contributed by atoms with van der Waals surface area (Å²) in [5, 5.41) is 3.06. The summed E-state index contributed by atoms with van der Waals surface area (Å²) in [7, 11) is 1.57. The van der Waals surface area contributed by atoms with Crippen molar-refractivity contribution in [2.75, 3.05) is 7.11 Å². The first-order chi connectivity index (χ1) is 15.5. The number of benzene rings is 3. The fourth-order valence-corrected chi connectivity index (χ4v) is 3.45. The van der Waals surface area contributed by atoms with Crippen LogP contribution in [0, 0.1) is 5.82 Å². The van der Waals surface area contributed by atoms with Crippen LogP contribution in [-0.4, -0.2) is 22.6 Å². The van der Waals surface area contributed by atoms with Crippen LogP contribution in [0.1, 0.15) is 21.5 Å². The molecule has 0 unspecified atom stereocenters. The number of ether oxygens (including phenoxy) is 1. The van der Waals surface area contributed by atoms with Gasteiger partial charge in [0.2, 0.25) is 0 Å². The van der Waals surface area contributed by atoms with Gasteiger partial charge in [-0.1, -0.05) is 30.3 Å². The minimum absolute atomic E-state index is 0.0646. The molecule has 1 amide bonds. The van der Waals surface area contributed by atoms with Gasteiger partial charge in [0.25, 0.3) is 11.5 Å². The van der Waals surface area contributed by atoms with E-state index < -0.39 is 23.0 Å². The summed E-state index contributed by atoms with van der Waals surface area (Å²) in [5.74, 6) is -0.539. The zero-order valence-corrected chi connectivity index (χ0v) is 17.2. The Morgan fingerprint density at radius 1 is 1.03 bits per heavy atom. The molecule has 1 aromatic heterocycles. The predicted octanol–water partition coefficient (Wildman–Crippen LogP) is 2.82. The second-order valence-electron chi connectivity index (χ2n) is 7.21. The number of nitrogens with one attached hydrogen (secondary N) is 2. The Morgan fingerprint density at radius 2 is 1.75 bits per heavy atom. The van der Waals surface area contributed by atoms with Gasteiger partial charge in [0.05, 0.1) is 30.1 Å². The number of hydrogen-bond acceptors (Lipinski definition) is 4. The van der Waals surface area contributed by atoms with Crippen molar-refractivity contribution >= 4 is 16.8 Å². The molecule has 0 atom stereocenters. The number of H-pyrrole nitrogens is 1. The zero-order chi connectivity index (χ0) is 22.7. The van der Waals surface area contributed by atoms with Crippen LogP contribution in [-0.2, 0) is 13.1 Å². The van der Waals surface area contributed by atoms with E-state index in [2.05, 4.69) is 10.3 Å². The van der Waals surface area contributed by atoms with Gasteiger partial charge in [-0.3, -0.25) is 19.1 Å². The smallest absolute Gasteiger partial charge is 0.329 e. The Labute approximate surface area is 182 Å². The number of aromatic nitrogens is 2. The topological polar surface area (TPSA) is 93.2 Å². The number of para-hydroxylation sites is 1. The van der Waals surface area contributed by atoms with Crippen molar-refractivity contribution in [1.29, 1.82) is 0 Å². The minimum atomic E-state index is -0.667. The van der Waals surface area contributed by atoms with Crippen molar-refractivity contribution < 1.29 is 13.9 Å². The molecule has 0 radical (unpaired) electrons. The van der Waals surface area contributed by atoms with Crippen molar-refractivity contribution in [2.45, 2.75) is 13.1 Å². The number of amides is 1. The summed E-state index contributed by atoms with van der Waals surface area (Å²) in [6.45, 7) is 0.283. The molecule has 7 nitrogen and oxygen atoms in total. The van der Waals surface area contributed by atoms with Gasteiger partial charge in [0.15, 0.2) is 0 Å². The molecule has 2 N–H and O–H groups in total. The molecule has 4 rings (SSSR count). The summed E-state index contributed by atoms with van der Waals surface area (Å²) in [6.07, 6.45) is 0. The highest BCUT2D eigenvalue weighted by Gasteiger charge is 2.14. The van der Waals surface area contributed by atoms with Gasteiger partial charge in [0.1, 0.15) is 11.6 Å². The number of aromatic amines is 1. The predicted molar refractivity (Wildman–Crippen MR) is 118 cm³/mol. The van der Waals surface area contributed by atoms with Crippen LogP contribution >= 0.6 is 0 Å². The van der Waals surface area contributed by atoms with Crippen LogP contribution in [0.3, 0.4) is 0 Å². The first-order valence-corrected chi connectivity index (χ1v) is 9.87. The molecule has 8 heteroatoms. The fraction of sp³-hybridized carbons (Fsp3) is 0.125. The van der Waals surface area contributed by atoms with Gasteiger partial charge < -0.3 is 10.1 Å². The molecule has 162 valence electrons. The number of carbonyl (C=O) groups excluding carboxylic acids is 1. The van der Waals surface area contributed by atoms with E-state index >= 15 is 0 Å². The van der Waals surface area contributed by atoms with E-state index in [1.54, 1.807) is 55.6 Å². The maximum atomic E-state index is 14.4. The lowest BCUT2D eigenvalue weighted by Crippen LogP contribution is -2.30. The largest absolute Gasteiger partial charge is 0.497 e. The maximum absolute atomic E-state index is 14.4. The van der Waals surface area contributed by atoms with Crippen LogP contribution in [0.2, 0.25) is 0 Å². The van der Waals surface area contributed by atoms with Crippen LogP contribution in [0.25, 0.3) is 10.9 Å². The third kappa shape index (κ3) is 4.29. The lowest BCUT2D eigenvalue weighted by Gasteiger charge is -2.12. The van der Waals surface area contributed by atoms with E-state index in [1.165, 1.54) is 22.8 Å². The highest BCUT2D eigenvalue weighted by atomic mass is 19.1. The molecule has 4 aromatic rings. The van der Waals surface area contributed by atoms with Crippen molar-refractivity contribution in [3.8, 4) is 5.75 Å². The minimum Gasteiger partial charge on any atom is -0.497 e. The molecule has 1 heterocycles. The third-order valence-electron chi connectivity index (χ3n) is 5.13. The number of carbonyl (C=O) groups is 1. The fourth-order valence-electron chi connectivity index (χ4n) is 3.45. The van der Waals surface area contributed by atoms with E-state index in [0.29, 0.717) is 22.2 Å². The van der Waals surface area contributed by atoms with Crippen molar-refractivity contribution in [2.24, 2.45) is 0 Å². The number of fused-ring (bicyclic) bond motifs is 1. The molecule has 0 saturated heterocycles. The van der Waals surface area contributed by atoms with Crippen molar-refractivity contribution in [3.63, 3.8) is 0 Å². The summed E-state index contributed by atoms with van der Waals surface area (Å²) >= 11 is 0. The zero-order valence-electron chi connectivity index (χ0n) is 17.2. The molecule has 0 spiro atoms. The molecule has 0 bridgehead atoms. The highest BCUT2D eigenvalue weighted by Crippen LogP contribution is 2.15. The summed E-state index contributed by atoms with van der Waals surface area (Å²) in [4.78, 5) is 39.3. The van der Waals surface area contributed by atoms with Gasteiger partial charge in [-0.05, 0) is 47.5 Å². The normalized spacial score (nSPS) is 10.8. The van der Waals surface area contributed by atoms with Gasteiger partial charge in [-0.15, -0.1) is 0 Å². The molecule has 0 aliphatic rings. The Morgan fingerprint density at radius 3 is 2.50 bits per heavy atom. The molecule has 0 aliphatic heterocycles. The number of nitrogens with zero attached hydrogens (tertiary/aromatic N) is 1. The van der Waals surface area contributed by atoms with Crippen molar-refractivity contribution in [3.05, 3.63) is 110 Å². The van der Waals surface area contributed by atoms with E-state index in [-0.39, 0.29) is 18.7 Å².